The van der Waals surface area contributed by atoms with Crippen LogP contribution in [0.15, 0.2) is 34.9 Å². The van der Waals surface area contributed by atoms with Crippen LogP contribution in [-0.4, -0.2) is 28.5 Å². The van der Waals surface area contributed by atoms with Crippen LogP contribution in [0.3, 0.4) is 0 Å². The number of carboxylic acid groups (broad SMARTS) is 1. The molecule has 0 spiro atoms. The Morgan fingerprint density at radius 2 is 1.88 bits per heavy atom. The molecule has 2 rings (SSSR count). The van der Waals surface area contributed by atoms with Crippen molar-refractivity contribution in [3.8, 4) is 11.3 Å². The Hall–Kier alpha value is -2.34. The molecule has 134 valence electrons. The Morgan fingerprint density at radius 3 is 2.60 bits per heavy atom. The number of nitrogens with zero attached hydrogens (tertiary/aromatic N) is 1. The van der Waals surface area contributed by atoms with Crippen LogP contribution >= 0.6 is 11.6 Å². The number of amides is 1. The van der Waals surface area contributed by atoms with Crippen LogP contribution in [-0.2, 0) is 16.0 Å². The maximum Gasteiger partial charge on any atom is 0.303 e. The van der Waals surface area contributed by atoms with E-state index < -0.39 is 5.97 Å². The van der Waals surface area contributed by atoms with E-state index in [9.17, 15) is 9.59 Å². The van der Waals surface area contributed by atoms with Gasteiger partial charge in [-0.05, 0) is 37.1 Å². The molecule has 0 aliphatic carbocycles. The van der Waals surface area contributed by atoms with Gasteiger partial charge in [-0.2, -0.15) is 0 Å². The van der Waals surface area contributed by atoms with Gasteiger partial charge in [0.15, 0.2) is 11.7 Å². The molecule has 1 aromatic carbocycles. The highest BCUT2D eigenvalue weighted by atomic mass is 35.5. The van der Waals surface area contributed by atoms with Gasteiger partial charge in [-0.25, -0.2) is 4.98 Å². The van der Waals surface area contributed by atoms with Gasteiger partial charge in [-0.15, -0.1) is 0 Å². The van der Waals surface area contributed by atoms with Crippen LogP contribution in [0, 0.1) is 0 Å². The largest absolute Gasteiger partial charge is 0.481 e. The van der Waals surface area contributed by atoms with Crippen molar-refractivity contribution in [1.82, 2.24) is 10.3 Å². The summed E-state index contributed by atoms with van der Waals surface area (Å²) in [5.41, 5.74) is 0.883. The zero-order chi connectivity index (χ0) is 18.1. The molecule has 2 N–H and O–H groups in total. The number of hydrogen-bond acceptors (Lipinski definition) is 4. The molecule has 0 bridgehead atoms. The Labute approximate surface area is 151 Å². The molecule has 7 heteroatoms. The number of halogens is 1. The number of carbonyl (C=O) groups is 2. The lowest BCUT2D eigenvalue weighted by Gasteiger charge is -2.03. The highest BCUT2D eigenvalue weighted by Gasteiger charge is 2.09. The average Bonchev–Trinajstić information content (AvgIpc) is 3.05. The molecular weight excluding hydrogens is 344 g/mol. The molecule has 0 saturated heterocycles. The maximum absolute atomic E-state index is 11.8. The van der Waals surface area contributed by atoms with Crippen molar-refractivity contribution >= 4 is 23.5 Å². The van der Waals surface area contributed by atoms with Crippen LogP contribution in [0.4, 0.5) is 0 Å². The number of carbonyl (C=O) groups excluding carboxylic acids is 1. The normalized spacial score (nSPS) is 10.6. The smallest absolute Gasteiger partial charge is 0.303 e. The van der Waals surface area contributed by atoms with Crippen molar-refractivity contribution in [3.05, 3.63) is 41.4 Å². The number of oxazole rings is 1. The second-order valence-electron chi connectivity index (χ2n) is 5.68. The Morgan fingerprint density at radius 1 is 1.12 bits per heavy atom. The third-order valence-corrected chi connectivity index (χ3v) is 3.89. The summed E-state index contributed by atoms with van der Waals surface area (Å²) in [4.78, 5) is 26.3. The summed E-state index contributed by atoms with van der Waals surface area (Å²) in [6.07, 6.45) is 4.74. The van der Waals surface area contributed by atoms with Gasteiger partial charge in [0.2, 0.25) is 5.91 Å². The van der Waals surface area contributed by atoms with E-state index in [1.165, 1.54) is 0 Å². The van der Waals surface area contributed by atoms with Crippen molar-refractivity contribution in [2.24, 2.45) is 0 Å². The second-order valence-corrected chi connectivity index (χ2v) is 6.12. The van der Waals surface area contributed by atoms with Gasteiger partial charge >= 0.3 is 5.97 Å². The van der Waals surface area contributed by atoms with Gasteiger partial charge in [-0.3, -0.25) is 9.59 Å². The second kappa shape index (κ2) is 9.84. The number of aryl methyl sites for hydroxylation is 1. The Balaban J connectivity index is 1.66. The highest BCUT2D eigenvalue weighted by Crippen LogP contribution is 2.22. The van der Waals surface area contributed by atoms with Crippen LogP contribution in [0.1, 0.15) is 38.0 Å². The first kappa shape index (κ1) is 19.0. The molecule has 0 saturated carbocycles. The summed E-state index contributed by atoms with van der Waals surface area (Å²) >= 11 is 5.86. The molecule has 1 heterocycles. The minimum Gasteiger partial charge on any atom is -0.481 e. The van der Waals surface area contributed by atoms with Crippen molar-refractivity contribution in [1.29, 1.82) is 0 Å². The fraction of sp³-hybridized carbons (Fsp3) is 0.389. The molecule has 0 fully saturated rings. The van der Waals surface area contributed by atoms with E-state index in [4.69, 9.17) is 21.1 Å². The topological polar surface area (TPSA) is 92.4 Å². The number of nitrogens with one attached hydrogen (secondary N) is 1. The minimum absolute atomic E-state index is 0.0653. The minimum atomic E-state index is -0.784. The molecule has 6 nitrogen and oxygen atoms in total. The zero-order valence-corrected chi connectivity index (χ0v) is 14.6. The van der Waals surface area contributed by atoms with E-state index in [1.54, 1.807) is 18.3 Å². The number of unbranched alkanes of at least 4 members (excludes halogenated alkanes) is 2. The summed E-state index contributed by atoms with van der Waals surface area (Å²) in [6, 6.07) is 7.26. The third kappa shape index (κ3) is 6.97. The molecule has 0 aliphatic rings. The SMILES string of the molecule is O=C(O)CCCCCNC(=O)CCc1ncc(-c2ccc(Cl)cc2)o1. The number of hydrogen-bond donors (Lipinski definition) is 2. The van der Waals surface area contributed by atoms with E-state index in [1.807, 2.05) is 12.1 Å². The van der Waals surface area contributed by atoms with E-state index in [0.717, 1.165) is 18.4 Å². The van der Waals surface area contributed by atoms with Crippen molar-refractivity contribution in [3.63, 3.8) is 0 Å². The van der Waals surface area contributed by atoms with E-state index >= 15 is 0 Å². The number of benzene rings is 1. The summed E-state index contributed by atoms with van der Waals surface area (Å²) in [5, 5.41) is 12.0. The van der Waals surface area contributed by atoms with Crippen molar-refractivity contribution in [2.75, 3.05) is 6.54 Å². The van der Waals surface area contributed by atoms with E-state index in [2.05, 4.69) is 10.3 Å². The molecular formula is C18H21ClN2O4. The maximum atomic E-state index is 11.8. The fourth-order valence-electron chi connectivity index (χ4n) is 2.29. The molecule has 2 aromatic rings. The predicted molar refractivity (Wildman–Crippen MR) is 94.4 cm³/mol. The third-order valence-electron chi connectivity index (χ3n) is 3.64. The lowest BCUT2D eigenvalue weighted by atomic mass is 10.2. The molecule has 0 unspecified atom stereocenters. The first-order valence-corrected chi connectivity index (χ1v) is 8.61. The van der Waals surface area contributed by atoms with Crippen LogP contribution in [0.25, 0.3) is 11.3 Å². The molecule has 0 atom stereocenters. The van der Waals surface area contributed by atoms with Gasteiger partial charge < -0.3 is 14.8 Å². The number of rotatable bonds is 10. The summed E-state index contributed by atoms with van der Waals surface area (Å²) < 4.78 is 5.65. The molecule has 25 heavy (non-hydrogen) atoms. The molecule has 0 aliphatic heterocycles. The fourth-order valence-corrected chi connectivity index (χ4v) is 2.41. The summed E-state index contributed by atoms with van der Waals surface area (Å²) in [5.74, 6) is 0.310. The quantitative estimate of drug-likeness (QED) is 0.627. The number of carboxylic acids is 1. The van der Waals surface area contributed by atoms with Crippen LogP contribution in [0.2, 0.25) is 5.02 Å². The van der Waals surface area contributed by atoms with E-state index in [0.29, 0.717) is 42.5 Å². The van der Waals surface area contributed by atoms with Crippen molar-refractivity contribution in [2.45, 2.75) is 38.5 Å². The monoisotopic (exact) mass is 364 g/mol. The predicted octanol–water partition coefficient (Wildman–Crippen LogP) is 3.69. The summed E-state index contributed by atoms with van der Waals surface area (Å²) in [6.45, 7) is 0.556. The standard InChI is InChI=1S/C18H21ClN2O4/c19-14-7-5-13(6-8-14)15-12-21-17(25-15)10-9-16(22)20-11-3-1-2-4-18(23)24/h5-8,12H,1-4,9-11H2,(H,20,22)(H,23,24). The molecule has 1 aromatic heterocycles. The van der Waals surface area contributed by atoms with Crippen LogP contribution < -0.4 is 5.32 Å². The molecule has 0 radical (unpaired) electrons. The van der Waals surface area contributed by atoms with Gasteiger partial charge in [0.05, 0.1) is 6.20 Å². The van der Waals surface area contributed by atoms with Gasteiger partial charge in [0.1, 0.15) is 0 Å². The number of aromatic nitrogens is 1. The van der Waals surface area contributed by atoms with Gasteiger partial charge in [-0.1, -0.05) is 18.0 Å². The van der Waals surface area contributed by atoms with Gasteiger partial charge in [0, 0.05) is 36.4 Å². The van der Waals surface area contributed by atoms with E-state index in [-0.39, 0.29) is 12.3 Å². The first-order valence-electron chi connectivity index (χ1n) is 8.24. The number of aliphatic carboxylic acids is 1. The Kier molecular flexibility index (Phi) is 7.47. The average molecular weight is 365 g/mol. The first-order chi connectivity index (χ1) is 12.0. The van der Waals surface area contributed by atoms with Crippen LogP contribution in [0.5, 0.6) is 0 Å². The van der Waals surface area contributed by atoms with Crippen molar-refractivity contribution < 1.29 is 19.1 Å². The Bertz CT molecular complexity index is 697. The highest BCUT2D eigenvalue weighted by molar-refractivity contribution is 6.30. The lowest BCUT2D eigenvalue weighted by molar-refractivity contribution is -0.137. The van der Waals surface area contributed by atoms with Gasteiger partial charge in [0.25, 0.3) is 0 Å². The molecule has 1 amide bonds. The summed E-state index contributed by atoms with van der Waals surface area (Å²) in [7, 11) is 0. The zero-order valence-electron chi connectivity index (χ0n) is 13.8. The lowest BCUT2D eigenvalue weighted by Crippen LogP contribution is -2.24.